The van der Waals surface area contributed by atoms with Crippen LogP contribution in [0.2, 0.25) is 0 Å². The lowest BCUT2D eigenvalue weighted by atomic mass is 10.1. The van der Waals surface area contributed by atoms with Crippen molar-refractivity contribution in [3.05, 3.63) is 78.4 Å². The summed E-state index contributed by atoms with van der Waals surface area (Å²) in [6.45, 7) is 4.85. The monoisotopic (exact) mass is 420 g/mol. The van der Waals surface area contributed by atoms with Gasteiger partial charge in [0.15, 0.2) is 0 Å². The highest BCUT2D eigenvalue weighted by Gasteiger charge is 2.24. The fourth-order valence-electron chi connectivity index (χ4n) is 3.69. The van der Waals surface area contributed by atoms with Crippen molar-refractivity contribution in [1.29, 1.82) is 0 Å². The summed E-state index contributed by atoms with van der Waals surface area (Å²) in [6, 6.07) is 17.9. The van der Waals surface area contributed by atoms with Crippen molar-refractivity contribution in [3.63, 3.8) is 0 Å². The van der Waals surface area contributed by atoms with Gasteiger partial charge in [-0.2, -0.15) is 0 Å². The second-order valence-corrected chi connectivity index (χ2v) is 7.62. The number of carbonyl (C=O) groups is 1. The quantitative estimate of drug-likeness (QED) is 0.633. The molecule has 0 unspecified atom stereocenters. The molecule has 1 amide bonds. The molecule has 3 aromatic rings. The van der Waals surface area contributed by atoms with Gasteiger partial charge in [-0.25, -0.2) is 9.78 Å². The number of aromatic nitrogens is 2. The largest absolute Gasteiger partial charge is 0.493 e. The molecule has 31 heavy (non-hydrogen) atoms. The fraction of sp³-hybridized carbons (Fsp3) is 0.333. The van der Waals surface area contributed by atoms with E-state index in [0.717, 1.165) is 35.8 Å². The molecule has 1 fully saturated rings. The zero-order chi connectivity index (χ0) is 21.5. The van der Waals surface area contributed by atoms with Crippen LogP contribution >= 0.6 is 0 Å². The third-order valence-electron chi connectivity index (χ3n) is 5.38. The van der Waals surface area contributed by atoms with Crippen molar-refractivity contribution in [3.8, 4) is 11.4 Å². The van der Waals surface area contributed by atoms with Gasteiger partial charge >= 0.3 is 6.09 Å². The molecule has 1 saturated heterocycles. The highest BCUT2D eigenvalue weighted by molar-refractivity contribution is 5.67. The molecule has 0 aliphatic carbocycles. The van der Waals surface area contributed by atoms with E-state index in [2.05, 4.69) is 10.3 Å². The Morgan fingerprint density at radius 1 is 1.19 bits per heavy atom. The highest BCUT2D eigenvalue weighted by Crippen LogP contribution is 2.18. The number of imidazole rings is 1. The van der Waals surface area contributed by atoms with Crippen LogP contribution in [0.15, 0.2) is 67.0 Å². The van der Waals surface area contributed by atoms with Gasteiger partial charge in [-0.15, -0.1) is 0 Å². The normalized spacial score (nSPS) is 16.2. The Bertz CT molecular complexity index is 989. The molecular formula is C24H28N4O3. The Morgan fingerprint density at radius 2 is 2.06 bits per heavy atom. The van der Waals surface area contributed by atoms with E-state index in [1.54, 1.807) is 11.1 Å². The van der Waals surface area contributed by atoms with Crippen LogP contribution < -0.4 is 10.1 Å². The summed E-state index contributed by atoms with van der Waals surface area (Å²) >= 11 is 0. The fourth-order valence-corrected chi connectivity index (χ4v) is 3.69. The predicted octanol–water partition coefficient (Wildman–Crippen LogP) is 3.56. The van der Waals surface area contributed by atoms with E-state index in [1.807, 2.05) is 72.3 Å². The van der Waals surface area contributed by atoms with Crippen molar-refractivity contribution < 1.29 is 14.3 Å². The number of rotatable bonds is 7. The van der Waals surface area contributed by atoms with Gasteiger partial charge in [0.2, 0.25) is 0 Å². The number of hydrogen-bond donors (Lipinski definition) is 1. The van der Waals surface area contributed by atoms with E-state index >= 15 is 0 Å². The third-order valence-corrected chi connectivity index (χ3v) is 5.38. The van der Waals surface area contributed by atoms with Crippen LogP contribution in [0, 0.1) is 6.92 Å². The molecule has 0 radical (unpaired) electrons. The molecule has 0 bridgehead atoms. The Labute approximate surface area is 182 Å². The van der Waals surface area contributed by atoms with E-state index in [-0.39, 0.29) is 12.1 Å². The Hall–Kier alpha value is -3.32. The molecule has 7 heteroatoms. The number of ether oxygens (including phenoxy) is 2. The maximum atomic E-state index is 12.4. The van der Waals surface area contributed by atoms with Crippen molar-refractivity contribution in [2.24, 2.45) is 0 Å². The SMILES string of the molecule is Cc1nccn1-c1cccc(OCC[C@@H]2CN(C(=O)OCc3ccccc3)CCN2)c1. The Kier molecular flexibility index (Phi) is 6.84. The summed E-state index contributed by atoms with van der Waals surface area (Å²) in [6.07, 6.45) is 4.26. The number of nitrogens with zero attached hydrogens (tertiary/aromatic N) is 3. The van der Waals surface area contributed by atoms with Crippen LogP contribution in [0.25, 0.3) is 5.69 Å². The lowest BCUT2D eigenvalue weighted by molar-refractivity contribution is 0.0827. The van der Waals surface area contributed by atoms with Crippen molar-refractivity contribution in [2.45, 2.75) is 26.0 Å². The third kappa shape index (κ3) is 5.64. The second-order valence-electron chi connectivity index (χ2n) is 7.62. The number of carbonyl (C=O) groups excluding carboxylic acids is 1. The molecule has 4 rings (SSSR count). The van der Waals surface area contributed by atoms with Gasteiger partial charge in [-0.05, 0) is 31.0 Å². The molecule has 0 saturated carbocycles. The van der Waals surface area contributed by atoms with E-state index < -0.39 is 0 Å². The number of nitrogens with one attached hydrogen (secondary N) is 1. The molecule has 1 aromatic heterocycles. The Morgan fingerprint density at radius 3 is 2.87 bits per heavy atom. The van der Waals surface area contributed by atoms with Crippen LogP contribution in [0.4, 0.5) is 4.79 Å². The molecule has 7 nitrogen and oxygen atoms in total. The maximum Gasteiger partial charge on any atom is 0.410 e. The first kappa shape index (κ1) is 20.9. The molecule has 2 heterocycles. The lowest BCUT2D eigenvalue weighted by Gasteiger charge is -2.33. The van der Waals surface area contributed by atoms with E-state index in [0.29, 0.717) is 26.3 Å². The summed E-state index contributed by atoms with van der Waals surface area (Å²) < 4.78 is 13.5. The molecule has 2 aromatic carbocycles. The molecule has 1 N–H and O–H groups in total. The van der Waals surface area contributed by atoms with Gasteiger partial charge in [0.25, 0.3) is 0 Å². The standard InChI is InChI=1S/C24H28N4O3/c1-19-25-12-14-28(19)22-8-5-9-23(16-22)30-15-10-21-17-27(13-11-26-21)24(29)31-18-20-6-3-2-4-7-20/h2-9,12,14,16,21,26H,10-11,13,15,17-18H2,1H3/t21-/m1/s1. The highest BCUT2D eigenvalue weighted by atomic mass is 16.6. The molecule has 1 atom stereocenters. The minimum absolute atomic E-state index is 0.178. The predicted molar refractivity (Wildman–Crippen MR) is 118 cm³/mol. The zero-order valence-electron chi connectivity index (χ0n) is 17.7. The van der Waals surface area contributed by atoms with Gasteiger partial charge in [0.1, 0.15) is 18.2 Å². The molecule has 162 valence electrons. The van der Waals surface area contributed by atoms with Crippen LogP contribution in [0.1, 0.15) is 17.8 Å². The first-order valence-corrected chi connectivity index (χ1v) is 10.6. The number of benzene rings is 2. The van der Waals surface area contributed by atoms with Crippen molar-refractivity contribution in [1.82, 2.24) is 19.8 Å². The molecule has 1 aliphatic heterocycles. The minimum Gasteiger partial charge on any atom is -0.493 e. The maximum absolute atomic E-state index is 12.4. The topological polar surface area (TPSA) is 68.6 Å². The average molecular weight is 421 g/mol. The first-order valence-electron chi connectivity index (χ1n) is 10.6. The van der Waals surface area contributed by atoms with Crippen LogP contribution in [0.5, 0.6) is 5.75 Å². The summed E-state index contributed by atoms with van der Waals surface area (Å²) in [5, 5.41) is 3.46. The second kappa shape index (κ2) is 10.1. The Balaban J connectivity index is 1.24. The van der Waals surface area contributed by atoms with Crippen LogP contribution in [0.3, 0.4) is 0 Å². The van der Waals surface area contributed by atoms with Gasteiger partial charge in [0.05, 0.1) is 12.3 Å². The summed E-state index contributed by atoms with van der Waals surface area (Å²) in [5.74, 6) is 1.75. The van der Waals surface area contributed by atoms with Crippen LogP contribution in [-0.2, 0) is 11.3 Å². The van der Waals surface area contributed by atoms with Gasteiger partial charge in [-0.1, -0.05) is 36.4 Å². The average Bonchev–Trinajstić information content (AvgIpc) is 3.24. The number of hydrogen-bond acceptors (Lipinski definition) is 5. The number of aryl methyl sites for hydroxylation is 1. The van der Waals surface area contributed by atoms with E-state index in [1.165, 1.54) is 0 Å². The minimum atomic E-state index is -0.264. The van der Waals surface area contributed by atoms with Gasteiger partial charge < -0.3 is 24.3 Å². The molecular weight excluding hydrogens is 392 g/mol. The van der Waals surface area contributed by atoms with Gasteiger partial charge in [0, 0.05) is 44.1 Å². The molecule has 1 aliphatic rings. The van der Waals surface area contributed by atoms with Crippen molar-refractivity contribution in [2.75, 3.05) is 26.2 Å². The lowest BCUT2D eigenvalue weighted by Crippen LogP contribution is -2.53. The van der Waals surface area contributed by atoms with Gasteiger partial charge in [-0.3, -0.25) is 0 Å². The van der Waals surface area contributed by atoms with E-state index in [9.17, 15) is 4.79 Å². The summed E-state index contributed by atoms with van der Waals surface area (Å²) in [7, 11) is 0. The first-order chi connectivity index (χ1) is 15.2. The summed E-state index contributed by atoms with van der Waals surface area (Å²) in [4.78, 5) is 18.5. The zero-order valence-corrected chi connectivity index (χ0v) is 17.7. The van der Waals surface area contributed by atoms with E-state index in [4.69, 9.17) is 9.47 Å². The smallest absolute Gasteiger partial charge is 0.410 e. The summed E-state index contributed by atoms with van der Waals surface area (Å²) in [5.41, 5.74) is 2.01. The number of amides is 1. The molecule has 0 spiro atoms. The number of piperazine rings is 1. The van der Waals surface area contributed by atoms with Crippen LogP contribution in [-0.4, -0.2) is 52.8 Å². The van der Waals surface area contributed by atoms with Crippen molar-refractivity contribution >= 4 is 6.09 Å².